The van der Waals surface area contributed by atoms with E-state index in [-0.39, 0.29) is 30.6 Å². The van der Waals surface area contributed by atoms with Crippen molar-refractivity contribution in [1.29, 1.82) is 0 Å². The highest BCUT2D eigenvalue weighted by Crippen LogP contribution is 2.22. The average Bonchev–Trinajstić information content (AvgIpc) is 3.09. The highest BCUT2D eigenvalue weighted by atomic mass is 32.2. The number of sulfone groups is 1. The molecule has 1 aromatic heterocycles. The van der Waals surface area contributed by atoms with E-state index in [1.807, 2.05) is 18.2 Å². The Morgan fingerprint density at radius 1 is 1.32 bits per heavy atom. The summed E-state index contributed by atoms with van der Waals surface area (Å²) in [5, 5.41) is 13.2. The van der Waals surface area contributed by atoms with Crippen LogP contribution < -0.4 is 4.74 Å². The van der Waals surface area contributed by atoms with E-state index in [1.54, 1.807) is 12.1 Å². The molecule has 25 heavy (non-hydrogen) atoms. The number of aliphatic carboxylic acids is 1. The summed E-state index contributed by atoms with van der Waals surface area (Å²) in [6, 6.07) is 9.17. The Labute approximate surface area is 145 Å². The van der Waals surface area contributed by atoms with Crippen LogP contribution in [0, 0.1) is 5.92 Å². The molecule has 0 radical (unpaired) electrons. The van der Waals surface area contributed by atoms with Crippen LogP contribution in [0.5, 0.6) is 5.75 Å². The molecule has 134 valence electrons. The molecule has 0 amide bonds. The van der Waals surface area contributed by atoms with Crippen molar-refractivity contribution in [2.75, 3.05) is 11.5 Å². The first-order valence-corrected chi connectivity index (χ1v) is 9.76. The quantitative estimate of drug-likeness (QED) is 0.776. The first-order chi connectivity index (χ1) is 11.9. The lowest BCUT2D eigenvalue weighted by atomic mass is 10.1. The van der Waals surface area contributed by atoms with E-state index in [4.69, 9.17) is 9.84 Å². The lowest BCUT2D eigenvalue weighted by Gasteiger charge is -2.07. The molecule has 0 bridgehead atoms. The lowest BCUT2D eigenvalue weighted by Crippen LogP contribution is -2.16. The van der Waals surface area contributed by atoms with E-state index in [9.17, 15) is 13.2 Å². The molecule has 1 saturated heterocycles. The molecule has 1 aliphatic rings. The van der Waals surface area contributed by atoms with Crippen LogP contribution in [0.2, 0.25) is 0 Å². The van der Waals surface area contributed by atoms with Crippen molar-refractivity contribution in [2.45, 2.75) is 26.0 Å². The third-order valence-corrected chi connectivity index (χ3v) is 5.82. The number of rotatable bonds is 7. The van der Waals surface area contributed by atoms with Gasteiger partial charge in [0, 0.05) is 6.42 Å². The van der Waals surface area contributed by atoms with Gasteiger partial charge in [-0.15, -0.1) is 0 Å². The molecule has 8 nitrogen and oxygen atoms in total. The van der Waals surface area contributed by atoms with E-state index in [0.29, 0.717) is 30.2 Å². The summed E-state index contributed by atoms with van der Waals surface area (Å²) in [5.41, 5.74) is 0. The first kappa shape index (κ1) is 17.4. The molecule has 9 heteroatoms. The molecule has 1 unspecified atom stereocenters. The number of carboxylic acids is 1. The zero-order valence-electron chi connectivity index (χ0n) is 13.5. The molecule has 2 aromatic rings. The molecule has 1 aliphatic heterocycles. The van der Waals surface area contributed by atoms with Crippen LogP contribution in [-0.2, 0) is 34.2 Å². The van der Waals surface area contributed by atoms with Crippen molar-refractivity contribution in [3.8, 4) is 5.75 Å². The van der Waals surface area contributed by atoms with Crippen LogP contribution in [0.1, 0.15) is 18.1 Å². The largest absolute Gasteiger partial charge is 0.486 e. The van der Waals surface area contributed by atoms with Gasteiger partial charge >= 0.3 is 5.97 Å². The second-order valence-corrected chi connectivity index (χ2v) is 8.30. The average molecular weight is 365 g/mol. The van der Waals surface area contributed by atoms with Crippen LogP contribution >= 0.6 is 0 Å². The molecule has 1 atom stereocenters. The maximum absolute atomic E-state index is 11.6. The Morgan fingerprint density at radius 3 is 2.72 bits per heavy atom. The minimum Gasteiger partial charge on any atom is -0.486 e. The maximum atomic E-state index is 11.6. The number of carbonyl (C=O) groups is 1. The van der Waals surface area contributed by atoms with Crippen molar-refractivity contribution in [2.24, 2.45) is 5.92 Å². The van der Waals surface area contributed by atoms with E-state index in [0.717, 1.165) is 0 Å². The third-order valence-electron chi connectivity index (χ3n) is 3.99. The van der Waals surface area contributed by atoms with E-state index >= 15 is 0 Å². The fourth-order valence-electron chi connectivity index (χ4n) is 2.85. The molecule has 0 aliphatic carbocycles. The zero-order chi connectivity index (χ0) is 17.9. The van der Waals surface area contributed by atoms with Crippen molar-refractivity contribution in [3.63, 3.8) is 0 Å². The summed E-state index contributed by atoms with van der Waals surface area (Å²) in [6.45, 7) is -0.195. The molecular weight excluding hydrogens is 346 g/mol. The van der Waals surface area contributed by atoms with E-state index < -0.39 is 15.8 Å². The minimum absolute atomic E-state index is 0.0513. The van der Waals surface area contributed by atoms with Gasteiger partial charge in [-0.25, -0.2) is 18.1 Å². The summed E-state index contributed by atoms with van der Waals surface area (Å²) in [7, 11) is -2.99. The Balaban J connectivity index is 1.72. The Hall–Kier alpha value is -2.42. The summed E-state index contributed by atoms with van der Waals surface area (Å²) in [4.78, 5) is 15.4. The standard InChI is InChI=1S/C16H19N3O5S/c20-16(21)9-19-15(8-12-6-7-25(22,23)11-12)17-14(18-19)10-24-13-4-2-1-3-5-13/h1-5,12H,6-11H2,(H,20,21). The topological polar surface area (TPSA) is 111 Å². The van der Waals surface area contributed by atoms with Gasteiger partial charge < -0.3 is 9.84 Å². The van der Waals surface area contributed by atoms with E-state index in [2.05, 4.69) is 10.1 Å². The predicted octanol–water partition coefficient (Wildman–Crippen LogP) is 0.919. The monoisotopic (exact) mass is 365 g/mol. The van der Waals surface area contributed by atoms with Gasteiger partial charge in [-0.05, 0) is 24.5 Å². The molecule has 3 rings (SSSR count). The van der Waals surface area contributed by atoms with Gasteiger partial charge in [0.25, 0.3) is 0 Å². The Kier molecular flexibility index (Phi) is 5.03. The van der Waals surface area contributed by atoms with Gasteiger partial charge in [-0.1, -0.05) is 18.2 Å². The number of benzene rings is 1. The van der Waals surface area contributed by atoms with Crippen molar-refractivity contribution >= 4 is 15.8 Å². The third kappa shape index (κ3) is 4.79. The van der Waals surface area contributed by atoms with Gasteiger partial charge in [0.15, 0.2) is 15.7 Å². The molecule has 1 aromatic carbocycles. The molecule has 1 N–H and O–H groups in total. The van der Waals surface area contributed by atoms with Crippen molar-refractivity contribution in [1.82, 2.24) is 14.8 Å². The summed E-state index contributed by atoms with van der Waals surface area (Å²) in [5.74, 6) is 0.736. The van der Waals surface area contributed by atoms with Crippen molar-refractivity contribution in [3.05, 3.63) is 42.0 Å². The van der Waals surface area contributed by atoms with Crippen LogP contribution in [0.3, 0.4) is 0 Å². The lowest BCUT2D eigenvalue weighted by molar-refractivity contribution is -0.137. The van der Waals surface area contributed by atoms with Crippen LogP contribution in [0.25, 0.3) is 0 Å². The normalized spacial score (nSPS) is 19.0. The highest BCUT2D eigenvalue weighted by molar-refractivity contribution is 7.91. The first-order valence-electron chi connectivity index (χ1n) is 7.94. The zero-order valence-corrected chi connectivity index (χ0v) is 14.4. The summed E-state index contributed by atoms with van der Waals surface area (Å²) < 4.78 is 30.1. The van der Waals surface area contributed by atoms with Gasteiger partial charge in [0.2, 0.25) is 0 Å². The summed E-state index contributed by atoms with van der Waals surface area (Å²) in [6.07, 6.45) is 0.961. The predicted molar refractivity (Wildman–Crippen MR) is 88.9 cm³/mol. The number of carboxylic acid groups (broad SMARTS) is 1. The number of hydrogen-bond acceptors (Lipinski definition) is 6. The molecular formula is C16H19N3O5S. The van der Waals surface area contributed by atoms with Gasteiger partial charge in [0.1, 0.15) is 24.7 Å². The fraction of sp³-hybridized carbons (Fsp3) is 0.438. The Bertz CT molecular complexity index is 848. The minimum atomic E-state index is -2.99. The van der Waals surface area contributed by atoms with Gasteiger partial charge in [-0.2, -0.15) is 5.10 Å². The fourth-order valence-corrected chi connectivity index (χ4v) is 4.71. The number of para-hydroxylation sites is 1. The summed E-state index contributed by atoms with van der Waals surface area (Å²) >= 11 is 0. The highest BCUT2D eigenvalue weighted by Gasteiger charge is 2.29. The molecule has 0 saturated carbocycles. The van der Waals surface area contributed by atoms with E-state index in [1.165, 1.54) is 4.68 Å². The van der Waals surface area contributed by atoms with Crippen molar-refractivity contribution < 1.29 is 23.1 Å². The van der Waals surface area contributed by atoms with Crippen LogP contribution in [0.15, 0.2) is 30.3 Å². The van der Waals surface area contributed by atoms with Gasteiger partial charge in [-0.3, -0.25) is 4.79 Å². The van der Waals surface area contributed by atoms with Crippen LogP contribution in [-0.4, -0.2) is 45.8 Å². The number of aromatic nitrogens is 3. The second kappa shape index (κ2) is 7.22. The number of hydrogen-bond donors (Lipinski definition) is 1. The van der Waals surface area contributed by atoms with Crippen LogP contribution in [0.4, 0.5) is 0 Å². The molecule has 0 spiro atoms. The SMILES string of the molecule is O=C(O)Cn1nc(COc2ccccc2)nc1CC1CCS(=O)(=O)C1. The number of nitrogens with zero attached hydrogens (tertiary/aromatic N) is 3. The molecule has 2 heterocycles. The maximum Gasteiger partial charge on any atom is 0.325 e. The molecule has 1 fully saturated rings. The Morgan fingerprint density at radius 2 is 2.08 bits per heavy atom. The smallest absolute Gasteiger partial charge is 0.325 e. The van der Waals surface area contributed by atoms with Gasteiger partial charge in [0.05, 0.1) is 11.5 Å². The number of ether oxygens (including phenoxy) is 1. The second-order valence-electron chi connectivity index (χ2n) is 6.07.